The maximum atomic E-state index is 14.7. The number of likely N-dealkylation sites (tertiary alicyclic amines) is 1. The molecule has 37 heavy (non-hydrogen) atoms. The van der Waals surface area contributed by atoms with Crippen LogP contribution in [0.25, 0.3) is 0 Å². The van der Waals surface area contributed by atoms with Gasteiger partial charge in [0.05, 0.1) is 13.7 Å². The van der Waals surface area contributed by atoms with Crippen molar-refractivity contribution in [3.05, 3.63) is 66.1 Å². The van der Waals surface area contributed by atoms with Crippen LogP contribution in [0.1, 0.15) is 18.4 Å². The zero-order valence-electron chi connectivity index (χ0n) is 21.1. The van der Waals surface area contributed by atoms with Crippen LogP contribution in [0.3, 0.4) is 0 Å². The van der Waals surface area contributed by atoms with Crippen molar-refractivity contribution in [2.45, 2.75) is 19.3 Å². The summed E-state index contributed by atoms with van der Waals surface area (Å²) >= 11 is 0. The van der Waals surface area contributed by atoms with Crippen LogP contribution in [0.2, 0.25) is 0 Å². The number of carbonyl (C=O) groups is 1. The van der Waals surface area contributed by atoms with Crippen molar-refractivity contribution in [3.8, 4) is 11.5 Å². The van der Waals surface area contributed by atoms with Gasteiger partial charge in [-0.25, -0.2) is 14.2 Å². The highest BCUT2D eigenvalue weighted by Crippen LogP contribution is 2.25. The molecule has 1 aliphatic heterocycles. The van der Waals surface area contributed by atoms with Crippen LogP contribution in [-0.4, -0.2) is 66.5 Å². The average Bonchev–Trinajstić information content (AvgIpc) is 2.89. The summed E-state index contributed by atoms with van der Waals surface area (Å²) in [6.07, 6.45) is 3.02. The second-order valence-electron chi connectivity index (χ2n) is 9.12. The Kier molecular flexibility index (Phi) is 8.73. The van der Waals surface area contributed by atoms with Gasteiger partial charge in [0.15, 0.2) is 11.6 Å². The van der Waals surface area contributed by atoms with Gasteiger partial charge in [-0.05, 0) is 68.8 Å². The third-order valence-corrected chi connectivity index (χ3v) is 6.32. The Morgan fingerprint density at radius 3 is 2.76 bits per heavy atom. The number of carboxylic acid groups (broad SMARTS) is 1. The van der Waals surface area contributed by atoms with Crippen molar-refractivity contribution in [1.82, 2.24) is 14.9 Å². The first kappa shape index (κ1) is 26.2. The van der Waals surface area contributed by atoms with Gasteiger partial charge >= 0.3 is 6.09 Å². The van der Waals surface area contributed by atoms with E-state index in [2.05, 4.69) is 27.2 Å². The number of nitrogens with zero attached hydrogens (tertiary/aromatic N) is 4. The summed E-state index contributed by atoms with van der Waals surface area (Å²) in [7, 11) is 3.68. The highest BCUT2D eigenvalue weighted by atomic mass is 19.1. The number of hydrogen-bond acceptors (Lipinski definition) is 7. The third-order valence-electron chi connectivity index (χ3n) is 6.32. The van der Waals surface area contributed by atoms with Gasteiger partial charge in [0.2, 0.25) is 5.95 Å². The zero-order valence-corrected chi connectivity index (χ0v) is 21.1. The quantitative estimate of drug-likeness (QED) is 0.402. The third kappa shape index (κ3) is 7.29. The number of halogens is 1. The highest BCUT2D eigenvalue weighted by molar-refractivity contribution is 5.84. The lowest BCUT2D eigenvalue weighted by Crippen LogP contribution is -2.34. The van der Waals surface area contributed by atoms with E-state index < -0.39 is 11.9 Å². The van der Waals surface area contributed by atoms with Crippen LogP contribution in [0.4, 0.5) is 26.6 Å². The Morgan fingerprint density at radius 1 is 1.24 bits per heavy atom. The Labute approximate surface area is 215 Å². The number of ether oxygens (including phenoxy) is 2. The molecule has 1 atom stereocenters. The van der Waals surface area contributed by atoms with Gasteiger partial charge < -0.3 is 24.8 Å². The number of rotatable bonds is 10. The number of piperidine rings is 1. The standard InChI is InChI=1S/C27H32FN5O4/c1-32-14-3-4-20(17-32)18-37-24-10-7-21(16-23(24)28)30-26-29-13-11-25(31-26)33(27(34)35)15-12-19-5-8-22(36-2)9-6-19/h5-11,13,16,20H,3-4,12,14-15,17-18H2,1-2H3,(H,34,35)(H,29,30,31). The summed E-state index contributed by atoms with van der Waals surface area (Å²) in [6, 6.07) is 13.5. The highest BCUT2D eigenvalue weighted by Gasteiger charge is 2.19. The molecule has 0 radical (unpaired) electrons. The molecule has 196 valence electrons. The van der Waals surface area contributed by atoms with E-state index in [0.29, 0.717) is 24.6 Å². The van der Waals surface area contributed by atoms with Gasteiger partial charge in [-0.15, -0.1) is 0 Å². The minimum absolute atomic E-state index is 0.159. The molecular formula is C27H32FN5O4. The van der Waals surface area contributed by atoms with Gasteiger partial charge in [0, 0.05) is 37.0 Å². The van der Waals surface area contributed by atoms with E-state index in [-0.39, 0.29) is 24.1 Å². The monoisotopic (exact) mass is 509 g/mol. The summed E-state index contributed by atoms with van der Waals surface area (Å²) in [5, 5.41) is 12.7. The van der Waals surface area contributed by atoms with Crippen molar-refractivity contribution in [1.29, 1.82) is 0 Å². The summed E-state index contributed by atoms with van der Waals surface area (Å²) in [5.74, 6) is 1.20. The van der Waals surface area contributed by atoms with Gasteiger partial charge in [-0.2, -0.15) is 4.98 Å². The van der Waals surface area contributed by atoms with Crippen LogP contribution >= 0.6 is 0 Å². The number of hydrogen-bond donors (Lipinski definition) is 2. The Hall–Kier alpha value is -3.92. The average molecular weight is 510 g/mol. The molecule has 10 heteroatoms. The molecule has 0 bridgehead atoms. The van der Waals surface area contributed by atoms with Crippen LogP contribution in [0, 0.1) is 11.7 Å². The van der Waals surface area contributed by atoms with Crippen LogP contribution < -0.4 is 19.7 Å². The number of benzene rings is 2. The molecule has 2 heterocycles. The first-order valence-electron chi connectivity index (χ1n) is 12.3. The fourth-order valence-corrected chi connectivity index (χ4v) is 4.34. The van der Waals surface area contributed by atoms with Crippen LogP contribution in [0.15, 0.2) is 54.7 Å². The lowest BCUT2D eigenvalue weighted by Gasteiger charge is -2.29. The fraction of sp³-hybridized carbons (Fsp3) is 0.370. The second kappa shape index (κ2) is 12.4. The van der Waals surface area contributed by atoms with Gasteiger partial charge in [0.25, 0.3) is 0 Å². The molecule has 1 aliphatic rings. The lowest BCUT2D eigenvalue weighted by molar-refractivity contribution is 0.147. The molecule has 0 aliphatic carbocycles. The van der Waals surface area contributed by atoms with Gasteiger partial charge in [-0.3, -0.25) is 4.90 Å². The molecule has 1 saturated heterocycles. The van der Waals surface area contributed by atoms with Crippen molar-refractivity contribution >= 4 is 23.5 Å². The lowest BCUT2D eigenvalue weighted by atomic mass is 10.00. The predicted molar refractivity (Wildman–Crippen MR) is 139 cm³/mol. The van der Waals surface area contributed by atoms with E-state index >= 15 is 0 Å². The van der Waals surface area contributed by atoms with Crippen molar-refractivity contribution in [2.75, 3.05) is 50.6 Å². The number of aromatic nitrogens is 2. The Bertz CT molecular complexity index is 1190. The van der Waals surface area contributed by atoms with Gasteiger partial charge in [0.1, 0.15) is 11.6 Å². The van der Waals surface area contributed by atoms with E-state index in [1.165, 1.54) is 18.3 Å². The summed E-state index contributed by atoms with van der Waals surface area (Å²) in [5.41, 5.74) is 1.40. The minimum Gasteiger partial charge on any atom is -0.497 e. The topological polar surface area (TPSA) is 100 Å². The van der Waals surface area contributed by atoms with Crippen molar-refractivity contribution in [2.24, 2.45) is 5.92 Å². The number of amides is 1. The summed E-state index contributed by atoms with van der Waals surface area (Å²) in [4.78, 5) is 23.8. The molecule has 1 unspecified atom stereocenters. The van der Waals surface area contributed by atoms with Gasteiger partial charge in [-0.1, -0.05) is 12.1 Å². The first-order valence-corrected chi connectivity index (χ1v) is 12.3. The molecular weight excluding hydrogens is 477 g/mol. The van der Waals surface area contributed by atoms with Crippen molar-refractivity contribution in [3.63, 3.8) is 0 Å². The summed E-state index contributed by atoms with van der Waals surface area (Å²) in [6.45, 7) is 2.71. The molecule has 2 aromatic carbocycles. The maximum Gasteiger partial charge on any atom is 0.413 e. The Balaban J connectivity index is 1.38. The zero-order chi connectivity index (χ0) is 26.2. The maximum absolute atomic E-state index is 14.7. The molecule has 2 N–H and O–H groups in total. The van der Waals surface area contributed by atoms with Crippen LogP contribution in [0.5, 0.6) is 11.5 Å². The smallest absolute Gasteiger partial charge is 0.413 e. The number of methoxy groups -OCH3 is 1. The molecule has 0 saturated carbocycles. The predicted octanol–water partition coefficient (Wildman–Crippen LogP) is 4.82. The second-order valence-corrected chi connectivity index (χ2v) is 9.12. The Morgan fingerprint density at radius 2 is 2.05 bits per heavy atom. The van der Waals surface area contributed by atoms with E-state index in [0.717, 1.165) is 42.1 Å². The van der Waals surface area contributed by atoms with E-state index in [1.54, 1.807) is 19.2 Å². The fourth-order valence-electron chi connectivity index (χ4n) is 4.34. The first-order chi connectivity index (χ1) is 17.9. The van der Waals surface area contributed by atoms with Crippen molar-refractivity contribution < 1.29 is 23.8 Å². The molecule has 0 spiro atoms. The molecule has 1 fully saturated rings. The molecule has 3 aromatic rings. The van der Waals surface area contributed by atoms with E-state index in [9.17, 15) is 14.3 Å². The normalized spacial score (nSPS) is 15.7. The number of nitrogens with one attached hydrogen (secondary N) is 1. The minimum atomic E-state index is -1.13. The largest absolute Gasteiger partial charge is 0.497 e. The van der Waals surface area contributed by atoms with E-state index in [4.69, 9.17) is 9.47 Å². The molecule has 9 nitrogen and oxygen atoms in total. The molecule has 1 amide bonds. The number of anilines is 3. The van der Waals surface area contributed by atoms with E-state index in [1.807, 2.05) is 24.3 Å². The SMILES string of the molecule is COc1ccc(CCN(C(=O)O)c2ccnc(Nc3ccc(OCC4CCCN(C)C4)c(F)c3)n2)cc1. The molecule has 4 rings (SSSR count). The summed E-state index contributed by atoms with van der Waals surface area (Å²) < 4.78 is 25.6. The molecule has 1 aromatic heterocycles. The van der Waals surface area contributed by atoms with Crippen LogP contribution in [-0.2, 0) is 6.42 Å².